The molecule has 3 nitrogen and oxygen atoms in total. The SMILES string of the molecule is CC(NCc1cn2ccccc2n1)C1CC1. The zero-order chi connectivity index (χ0) is 11.0. The highest BCUT2D eigenvalue weighted by Gasteiger charge is 2.27. The smallest absolute Gasteiger partial charge is 0.137 e. The normalized spacial score (nSPS) is 17.8. The van der Waals surface area contributed by atoms with E-state index in [9.17, 15) is 0 Å². The van der Waals surface area contributed by atoms with Crippen molar-refractivity contribution >= 4 is 5.65 Å². The monoisotopic (exact) mass is 215 g/mol. The van der Waals surface area contributed by atoms with E-state index < -0.39 is 0 Å². The maximum atomic E-state index is 4.56. The lowest BCUT2D eigenvalue weighted by molar-refractivity contribution is 0.493. The Morgan fingerprint density at radius 1 is 1.50 bits per heavy atom. The van der Waals surface area contributed by atoms with Crippen LogP contribution < -0.4 is 5.32 Å². The summed E-state index contributed by atoms with van der Waals surface area (Å²) in [5, 5.41) is 3.55. The summed E-state index contributed by atoms with van der Waals surface area (Å²) in [6.45, 7) is 3.15. The van der Waals surface area contributed by atoms with Crippen molar-refractivity contribution < 1.29 is 0 Å². The zero-order valence-corrected chi connectivity index (χ0v) is 9.56. The first kappa shape index (κ1) is 9.85. The van der Waals surface area contributed by atoms with Gasteiger partial charge in [0.1, 0.15) is 5.65 Å². The van der Waals surface area contributed by atoms with E-state index in [1.54, 1.807) is 0 Å². The number of nitrogens with one attached hydrogen (secondary N) is 1. The lowest BCUT2D eigenvalue weighted by Gasteiger charge is -2.10. The van der Waals surface area contributed by atoms with Gasteiger partial charge in [-0.15, -0.1) is 0 Å². The molecule has 3 heteroatoms. The van der Waals surface area contributed by atoms with Crippen LogP contribution in [0.5, 0.6) is 0 Å². The predicted molar refractivity (Wildman–Crippen MR) is 64.2 cm³/mol. The van der Waals surface area contributed by atoms with E-state index in [0.717, 1.165) is 23.8 Å². The lowest BCUT2D eigenvalue weighted by Crippen LogP contribution is -2.27. The van der Waals surface area contributed by atoms with E-state index in [0.29, 0.717) is 6.04 Å². The van der Waals surface area contributed by atoms with Gasteiger partial charge in [-0.05, 0) is 37.8 Å². The van der Waals surface area contributed by atoms with Crippen molar-refractivity contribution in [3.05, 3.63) is 36.3 Å². The first-order valence-electron chi connectivity index (χ1n) is 5.99. The van der Waals surface area contributed by atoms with Crippen molar-refractivity contribution in [3.63, 3.8) is 0 Å². The van der Waals surface area contributed by atoms with Crippen molar-refractivity contribution in [2.75, 3.05) is 0 Å². The second kappa shape index (κ2) is 3.91. The molecule has 2 aromatic rings. The van der Waals surface area contributed by atoms with Crippen LogP contribution in [0.4, 0.5) is 0 Å². The molecule has 0 saturated heterocycles. The van der Waals surface area contributed by atoms with Gasteiger partial charge < -0.3 is 9.72 Å². The van der Waals surface area contributed by atoms with Crippen LogP contribution in [-0.2, 0) is 6.54 Å². The Morgan fingerprint density at radius 2 is 2.38 bits per heavy atom. The molecule has 3 rings (SSSR count). The van der Waals surface area contributed by atoms with Gasteiger partial charge in [-0.1, -0.05) is 6.07 Å². The summed E-state index contributed by atoms with van der Waals surface area (Å²) in [5.74, 6) is 0.900. The fourth-order valence-electron chi connectivity index (χ4n) is 2.10. The van der Waals surface area contributed by atoms with Crippen LogP contribution in [0.25, 0.3) is 5.65 Å². The van der Waals surface area contributed by atoms with E-state index in [2.05, 4.69) is 27.8 Å². The Bertz CT molecular complexity index is 452. The zero-order valence-electron chi connectivity index (χ0n) is 9.56. The fraction of sp³-hybridized carbons (Fsp3) is 0.462. The summed E-state index contributed by atoms with van der Waals surface area (Å²) >= 11 is 0. The largest absolute Gasteiger partial charge is 0.308 e. The van der Waals surface area contributed by atoms with Crippen molar-refractivity contribution in [1.82, 2.24) is 14.7 Å². The molecule has 0 aliphatic heterocycles. The number of rotatable bonds is 4. The van der Waals surface area contributed by atoms with Gasteiger partial charge in [0, 0.05) is 25.0 Å². The molecule has 1 aliphatic rings. The second-order valence-electron chi connectivity index (χ2n) is 4.71. The van der Waals surface area contributed by atoms with Crippen LogP contribution in [0.15, 0.2) is 30.6 Å². The molecule has 1 aliphatic carbocycles. The number of hydrogen-bond donors (Lipinski definition) is 1. The summed E-state index contributed by atoms with van der Waals surface area (Å²) in [6, 6.07) is 6.71. The molecule has 0 spiro atoms. The number of pyridine rings is 1. The molecule has 16 heavy (non-hydrogen) atoms. The Labute approximate surface area is 95.5 Å². The summed E-state index contributed by atoms with van der Waals surface area (Å²) in [4.78, 5) is 4.56. The van der Waals surface area contributed by atoms with E-state index in [4.69, 9.17) is 0 Å². The second-order valence-corrected chi connectivity index (χ2v) is 4.71. The third-order valence-corrected chi connectivity index (χ3v) is 3.35. The summed E-state index contributed by atoms with van der Waals surface area (Å²) in [7, 11) is 0. The summed E-state index contributed by atoms with van der Waals surface area (Å²) in [5.41, 5.74) is 2.15. The Morgan fingerprint density at radius 3 is 3.12 bits per heavy atom. The topological polar surface area (TPSA) is 29.3 Å². The molecule has 0 radical (unpaired) electrons. The molecule has 0 aromatic carbocycles. The highest BCUT2D eigenvalue weighted by molar-refractivity contribution is 5.39. The minimum Gasteiger partial charge on any atom is -0.308 e. The van der Waals surface area contributed by atoms with E-state index in [1.807, 2.05) is 24.4 Å². The van der Waals surface area contributed by atoms with Gasteiger partial charge in [0.25, 0.3) is 0 Å². The summed E-state index contributed by atoms with van der Waals surface area (Å²) < 4.78 is 2.07. The molecule has 1 saturated carbocycles. The van der Waals surface area contributed by atoms with Gasteiger partial charge in [-0.2, -0.15) is 0 Å². The predicted octanol–water partition coefficient (Wildman–Crippen LogP) is 2.22. The molecule has 2 aromatic heterocycles. The standard InChI is InChI=1S/C13H17N3/c1-10(11-5-6-11)14-8-12-9-16-7-3-2-4-13(16)15-12/h2-4,7,9-11,14H,5-6,8H2,1H3. The average molecular weight is 215 g/mol. The molecule has 1 N–H and O–H groups in total. The summed E-state index contributed by atoms with van der Waals surface area (Å²) in [6.07, 6.45) is 6.91. The Kier molecular flexibility index (Phi) is 2.40. The van der Waals surface area contributed by atoms with E-state index >= 15 is 0 Å². The number of imidazole rings is 1. The number of nitrogens with zero attached hydrogens (tertiary/aromatic N) is 2. The fourth-order valence-corrected chi connectivity index (χ4v) is 2.10. The molecule has 1 atom stereocenters. The highest BCUT2D eigenvalue weighted by Crippen LogP contribution is 2.32. The van der Waals surface area contributed by atoms with Crippen LogP contribution in [0.1, 0.15) is 25.5 Å². The number of hydrogen-bond acceptors (Lipinski definition) is 2. The molecular formula is C13H17N3. The van der Waals surface area contributed by atoms with Crippen LogP contribution in [0, 0.1) is 5.92 Å². The van der Waals surface area contributed by atoms with Crippen LogP contribution >= 0.6 is 0 Å². The minimum absolute atomic E-state index is 0.629. The van der Waals surface area contributed by atoms with Crippen LogP contribution in [-0.4, -0.2) is 15.4 Å². The number of aromatic nitrogens is 2. The Balaban J connectivity index is 1.69. The average Bonchev–Trinajstić information content (AvgIpc) is 3.06. The van der Waals surface area contributed by atoms with Crippen LogP contribution in [0.2, 0.25) is 0 Å². The molecule has 1 fully saturated rings. The van der Waals surface area contributed by atoms with Gasteiger partial charge in [-0.3, -0.25) is 0 Å². The quantitative estimate of drug-likeness (QED) is 0.847. The number of fused-ring (bicyclic) bond motifs is 1. The van der Waals surface area contributed by atoms with Gasteiger partial charge >= 0.3 is 0 Å². The molecule has 0 amide bonds. The minimum atomic E-state index is 0.629. The van der Waals surface area contributed by atoms with Gasteiger partial charge in [0.15, 0.2) is 0 Å². The molecule has 2 heterocycles. The first-order valence-corrected chi connectivity index (χ1v) is 5.99. The maximum Gasteiger partial charge on any atom is 0.137 e. The van der Waals surface area contributed by atoms with Crippen molar-refractivity contribution in [2.45, 2.75) is 32.4 Å². The molecule has 84 valence electrons. The van der Waals surface area contributed by atoms with Gasteiger partial charge in [-0.25, -0.2) is 4.98 Å². The van der Waals surface area contributed by atoms with Crippen molar-refractivity contribution in [3.8, 4) is 0 Å². The van der Waals surface area contributed by atoms with E-state index in [1.165, 1.54) is 12.8 Å². The van der Waals surface area contributed by atoms with Crippen molar-refractivity contribution in [2.24, 2.45) is 5.92 Å². The van der Waals surface area contributed by atoms with E-state index in [-0.39, 0.29) is 0 Å². The van der Waals surface area contributed by atoms with Gasteiger partial charge in [0.05, 0.1) is 5.69 Å². The Hall–Kier alpha value is -1.35. The molecule has 1 unspecified atom stereocenters. The first-order chi connectivity index (χ1) is 7.83. The third-order valence-electron chi connectivity index (χ3n) is 3.35. The lowest BCUT2D eigenvalue weighted by atomic mass is 10.2. The molecule has 0 bridgehead atoms. The van der Waals surface area contributed by atoms with Crippen LogP contribution in [0.3, 0.4) is 0 Å². The highest BCUT2D eigenvalue weighted by atomic mass is 15.0. The maximum absolute atomic E-state index is 4.56. The van der Waals surface area contributed by atoms with Gasteiger partial charge in [0.2, 0.25) is 0 Å². The van der Waals surface area contributed by atoms with Crippen molar-refractivity contribution in [1.29, 1.82) is 0 Å². The molecular weight excluding hydrogens is 198 g/mol. The third kappa shape index (κ3) is 1.95.